The van der Waals surface area contributed by atoms with Crippen molar-refractivity contribution in [3.63, 3.8) is 0 Å². The van der Waals surface area contributed by atoms with E-state index in [1.807, 2.05) is 57.2 Å². The Balaban J connectivity index is 2.01. The van der Waals surface area contributed by atoms with Gasteiger partial charge in [-0.25, -0.2) is 4.79 Å². The van der Waals surface area contributed by atoms with Crippen molar-refractivity contribution in [1.82, 2.24) is 5.32 Å². The highest BCUT2D eigenvalue weighted by molar-refractivity contribution is 7.22. The number of nitriles is 2. The summed E-state index contributed by atoms with van der Waals surface area (Å²) < 4.78 is 5.21. The fourth-order valence-corrected chi connectivity index (χ4v) is 3.86. The van der Waals surface area contributed by atoms with E-state index in [4.69, 9.17) is 15.3 Å². The van der Waals surface area contributed by atoms with Gasteiger partial charge >= 0.3 is 6.09 Å². The van der Waals surface area contributed by atoms with Gasteiger partial charge in [0.05, 0.1) is 6.54 Å². The third-order valence-electron chi connectivity index (χ3n) is 2.86. The minimum Gasteiger partial charge on any atom is -0.444 e. The normalized spacial score (nSPS) is 10.4. The first kappa shape index (κ1) is 18.7. The number of amides is 1. The largest absolute Gasteiger partial charge is 0.444 e. The molecule has 0 aromatic carbocycles. The van der Waals surface area contributed by atoms with Gasteiger partial charge in [0.25, 0.3) is 0 Å². The number of nitrogens with one attached hydrogen (secondary N) is 1. The fourth-order valence-electron chi connectivity index (χ4n) is 1.87. The van der Waals surface area contributed by atoms with Crippen LogP contribution in [-0.4, -0.2) is 11.7 Å². The smallest absolute Gasteiger partial charge is 0.407 e. The number of thiophene rings is 2. The molecule has 0 bridgehead atoms. The molecule has 2 aromatic heterocycles. The SMILES string of the molecule is CC(C)(C)OC(=O)NCc1ccc(-c2ccc(C=C(C#N)C#N)s2)s1. The molecule has 0 saturated heterocycles. The third-order valence-corrected chi connectivity index (χ3v) is 5.18. The monoisotopic (exact) mass is 371 g/mol. The molecule has 0 aliphatic carbocycles. The molecule has 0 aliphatic rings. The van der Waals surface area contributed by atoms with Crippen LogP contribution in [0.2, 0.25) is 0 Å². The zero-order valence-corrected chi connectivity index (χ0v) is 15.8. The molecule has 0 radical (unpaired) electrons. The van der Waals surface area contributed by atoms with Crippen LogP contribution < -0.4 is 5.32 Å². The van der Waals surface area contributed by atoms with Gasteiger partial charge in [-0.1, -0.05) is 0 Å². The fraction of sp³-hybridized carbons (Fsp3) is 0.278. The van der Waals surface area contributed by atoms with E-state index >= 15 is 0 Å². The molecule has 2 rings (SSSR count). The molecule has 2 aromatic rings. The quantitative estimate of drug-likeness (QED) is 0.772. The highest BCUT2D eigenvalue weighted by Gasteiger charge is 2.16. The Kier molecular flexibility index (Phi) is 5.97. The summed E-state index contributed by atoms with van der Waals surface area (Å²) in [4.78, 5) is 15.7. The van der Waals surface area contributed by atoms with Crippen LogP contribution in [0.5, 0.6) is 0 Å². The standard InChI is InChI=1S/C18H17N3O2S2/c1-18(2,3)23-17(22)21-11-14-5-7-16(25-14)15-6-4-13(24-15)8-12(9-19)10-20/h4-8H,11H2,1-3H3,(H,21,22). The second-order valence-electron chi connectivity index (χ2n) is 6.11. The van der Waals surface area contributed by atoms with E-state index in [-0.39, 0.29) is 5.57 Å². The minimum absolute atomic E-state index is 0.0850. The Morgan fingerprint density at radius 2 is 1.80 bits per heavy atom. The van der Waals surface area contributed by atoms with Crippen molar-refractivity contribution in [2.75, 3.05) is 0 Å². The zero-order chi connectivity index (χ0) is 18.4. The highest BCUT2D eigenvalue weighted by atomic mass is 32.1. The van der Waals surface area contributed by atoms with Crippen LogP contribution in [0.25, 0.3) is 15.8 Å². The number of ether oxygens (including phenoxy) is 1. The molecule has 1 N–H and O–H groups in total. The number of rotatable bonds is 4. The molecule has 1 amide bonds. The second-order valence-corrected chi connectivity index (χ2v) is 8.39. The van der Waals surface area contributed by atoms with Crippen LogP contribution in [0.15, 0.2) is 29.8 Å². The molecule has 0 unspecified atom stereocenters. The molecule has 0 atom stereocenters. The molecule has 2 heterocycles. The average Bonchev–Trinajstić information content (AvgIpc) is 3.18. The van der Waals surface area contributed by atoms with Gasteiger partial charge in [-0.3, -0.25) is 0 Å². The maximum Gasteiger partial charge on any atom is 0.407 e. The van der Waals surface area contributed by atoms with E-state index in [1.54, 1.807) is 17.4 Å². The van der Waals surface area contributed by atoms with Gasteiger partial charge in [-0.2, -0.15) is 10.5 Å². The van der Waals surface area contributed by atoms with Crippen LogP contribution in [0.1, 0.15) is 30.5 Å². The van der Waals surface area contributed by atoms with Crippen LogP contribution in [0, 0.1) is 22.7 Å². The lowest BCUT2D eigenvalue weighted by atomic mass is 10.2. The average molecular weight is 371 g/mol. The minimum atomic E-state index is -0.517. The van der Waals surface area contributed by atoms with Gasteiger partial charge in [-0.05, 0) is 51.1 Å². The summed E-state index contributed by atoms with van der Waals surface area (Å²) >= 11 is 3.09. The highest BCUT2D eigenvalue weighted by Crippen LogP contribution is 2.34. The predicted octanol–water partition coefficient (Wildman–Crippen LogP) is 4.93. The lowest BCUT2D eigenvalue weighted by molar-refractivity contribution is 0.0524. The molecule has 0 spiro atoms. The van der Waals surface area contributed by atoms with Crippen LogP contribution in [-0.2, 0) is 11.3 Å². The molecule has 25 heavy (non-hydrogen) atoms. The van der Waals surface area contributed by atoms with Crippen molar-refractivity contribution >= 4 is 34.8 Å². The number of alkyl carbamates (subject to hydrolysis) is 1. The van der Waals surface area contributed by atoms with Crippen molar-refractivity contribution in [2.45, 2.75) is 32.9 Å². The first-order valence-corrected chi connectivity index (χ1v) is 9.11. The van der Waals surface area contributed by atoms with Crippen LogP contribution >= 0.6 is 22.7 Å². The molecule has 5 nitrogen and oxygen atoms in total. The number of carbonyl (C=O) groups excluding carboxylic acids is 1. The molecule has 7 heteroatoms. The van der Waals surface area contributed by atoms with Gasteiger partial charge in [0.15, 0.2) is 0 Å². The Morgan fingerprint density at radius 3 is 2.44 bits per heavy atom. The summed E-state index contributed by atoms with van der Waals surface area (Å²) in [5.41, 5.74) is -0.432. The molecule has 0 saturated carbocycles. The first-order valence-electron chi connectivity index (χ1n) is 7.48. The van der Waals surface area contributed by atoms with Gasteiger partial charge in [0.1, 0.15) is 23.3 Å². The number of hydrogen-bond donors (Lipinski definition) is 1. The summed E-state index contributed by atoms with van der Waals surface area (Å²) in [6.45, 7) is 5.87. The molecule has 0 aliphatic heterocycles. The van der Waals surface area contributed by atoms with Gasteiger partial charge in [0.2, 0.25) is 0 Å². The summed E-state index contributed by atoms with van der Waals surface area (Å²) in [5, 5.41) is 20.4. The van der Waals surface area contributed by atoms with E-state index in [0.29, 0.717) is 6.54 Å². The number of carbonyl (C=O) groups is 1. The summed E-state index contributed by atoms with van der Waals surface area (Å²) in [6.07, 6.45) is 1.14. The van der Waals surface area contributed by atoms with Gasteiger partial charge < -0.3 is 10.1 Å². The lowest BCUT2D eigenvalue weighted by Crippen LogP contribution is -2.31. The van der Waals surface area contributed by atoms with Crippen molar-refractivity contribution in [3.05, 3.63) is 39.6 Å². The maximum absolute atomic E-state index is 11.7. The van der Waals surface area contributed by atoms with Gasteiger partial charge in [0, 0.05) is 19.5 Å². The Hall–Kier alpha value is -2.61. The Labute approximate surface area is 154 Å². The van der Waals surface area contributed by atoms with E-state index in [2.05, 4.69) is 5.32 Å². The molecular formula is C18H17N3O2S2. The summed E-state index contributed by atoms with van der Waals surface area (Å²) in [5.74, 6) is 0. The van der Waals surface area contributed by atoms with Crippen molar-refractivity contribution in [1.29, 1.82) is 10.5 Å². The van der Waals surface area contributed by atoms with Crippen molar-refractivity contribution in [3.8, 4) is 21.9 Å². The number of nitrogens with zero attached hydrogens (tertiary/aromatic N) is 2. The second kappa shape index (κ2) is 7.98. The van der Waals surface area contributed by atoms with Gasteiger partial charge in [-0.15, -0.1) is 22.7 Å². The first-order chi connectivity index (χ1) is 11.8. The van der Waals surface area contributed by atoms with Crippen molar-refractivity contribution < 1.29 is 9.53 Å². The summed E-state index contributed by atoms with van der Waals surface area (Å²) in [6, 6.07) is 11.5. The van der Waals surface area contributed by atoms with Crippen LogP contribution in [0.3, 0.4) is 0 Å². The predicted molar refractivity (Wildman–Crippen MR) is 99.9 cm³/mol. The van der Waals surface area contributed by atoms with E-state index in [1.165, 1.54) is 11.3 Å². The Morgan fingerprint density at radius 1 is 1.16 bits per heavy atom. The number of hydrogen-bond acceptors (Lipinski definition) is 6. The van der Waals surface area contributed by atoms with E-state index in [9.17, 15) is 4.79 Å². The number of allylic oxidation sites excluding steroid dienone is 1. The Bertz CT molecular complexity index is 857. The lowest BCUT2D eigenvalue weighted by Gasteiger charge is -2.19. The molecule has 128 valence electrons. The van der Waals surface area contributed by atoms with E-state index in [0.717, 1.165) is 19.5 Å². The maximum atomic E-state index is 11.7. The summed E-state index contributed by atoms with van der Waals surface area (Å²) in [7, 11) is 0. The zero-order valence-electron chi connectivity index (χ0n) is 14.1. The molecule has 0 fully saturated rings. The van der Waals surface area contributed by atoms with Crippen molar-refractivity contribution in [2.24, 2.45) is 0 Å². The van der Waals surface area contributed by atoms with Crippen LogP contribution in [0.4, 0.5) is 4.79 Å². The topological polar surface area (TPSA) is 85.9 Å². The third kappa shape index (κ3) is 5.75. The molecular weight excluding hydrogens is 354 g/mol. The van der Waals surface area contributed by atoms with E-state index < -0.39 is 11.7 Å².